The highest BCUT2D eigenvalue weighted by Crippen LogP contribution is 2.29. The van der Waals surface area contributed by atoms with E-state index in [0.29, 0.717) is 10.8 Å². The zero-order valence-electron chi connectivity index (χ0n) is 9.12. The van der Waals surface area contributed by atoms with Crippen LogP contribution in [0.1, 0.15) is 10.4 Å². The van der Waals surface area contributed by atoms with Gasteiger partial charge < -0.3 is 10.8 Å². The minimum absolute atomic E-state index is 0.164. The molecule has 0 heterocycles. The summed E-state index contributed by atoms with van der Waals surface area (Å²) in [6.45, 7) is 0. The summed E-state index contributed by atoms with van der Waals surface area (Å²) in [5.41, 5.74) is 5.36. The Labute approximate surface area is 103 Å². The monoisotopic (exact) mass is 266 g/mol. The number of fused-ring (bicyclic) bond motifs is 1. The first kappa shape index (κ1) is 12.3. The van der Waals surface area contributed by atoms with Crippen LogP contribution in [0.2, 0.25) is 0 Å². The van der Waals surface area contributed by atoms with Crippen molar-refractivity contribution in [2.45, 2.75) is 4.90 Å². The molecular weight excluding hydrogens is 256 g/mol. The van der Waals surface area contributed by atoms with Crippen molar-refractivity contribution in [3.05, 3.63) is 35.9 Å². The first-order chi connectivity index (χ1) is 8.30. The topological polar surface area (TPSA) is 123 Å². The van der Waals surface area contributed by atoms with Gasteiger partial charge >= 0.3 is 0 Å². The molecule has 0 fully saturated rings. The van der Waals surface area contributed by atoms with E-state index in [0.717, 1.165) is 6.07 Å². The molecule has 0 unspecified atom stereocenters. The Hall–Kier alpha value is -2.12. The predicted molar refractivity (Wildman–Crippen MR) is 65.5 cm³/mol. The van der Waals surface area contributed by atoms with E-state index >= 15 is 0 Å². The van der Waals surface area contributed by atoms with Crippen LogP contribution in [0.25, 0.3) is 10.8 Å². The summed E-state index contributed by atoms with van der Waals surface area (Å²) in [6.07, 6.45) is 0. The van der Waals surface area contributed by atoms with E-state index in [1.54, 1.807) is 12.1 Å². The Kier molecular flexibility index (Phi) is 2.72. The Morgan fingerprint density at radius 2 is 1.89 bits per heavy atom. The highest BCUT2D eigenvalue weighted by Gasteiger charge is 2.17. The van der Waals surface area contributed by atoms with Crippen LogP contribution in [0.15, 0.2) is 35.2 Å². The van der Waals surface area contributed by atoms with E-state index in [9.17, 15) is 18.3 Å². The summed E-state index contributed by atoms with van der Waals surface area (Å²) in [6, 6.07) is 7.03. The molecule has 0 aliphatic heterocycles. The summed E-state index contributed by atoms with van der Waals surface area (Å²) in [5, 5.41) is 15.4. The summed E-state index contributed by atoms with van der Waals surface area (Å²) in [4.78, 5) is 10.8. The van der Waals surface area contributed by atoms with Crippen LogP contribution in [0.5, 0.6) is 5.75 Å². The molecule has 0 saturated heterocycles. The fraction of sp³-hybridized carbons (Fsp3) is 0. The van der Waals surface area contributed by atoms with E-state index < -0.39 is 26.6 Å². The first-order valence-electron chi connectivity index (χ1n) is 4.89. The molecule has 0 spiro atoms. The molecule has 94 valence electrons. The molecule has 2 aromatic rings. The van der Waals surface area contributed by atoms with Gasteiger partial charge in [0.15, 0.2) is 0 Å². The number of hydrogen-bond acceptors (Lipinski definition) is 4. The second kappa shape index (κ2) is 3.97. The standard InChI is InChI=1S/C11H10N2O4S/c12-11(15)7-3-1-2-6-4-9(14)10(5-8(6)7)18(13,16)17/h1-5,14H,(H2,12,15)(H2,13,16,17). The van der Waals surface area contributed by atoms with Gasteiger partial charge in [0, 0.05) is 5.56 Å². The molecule has 0 aliphatic carbocycles. The number of carbonyl (C=O) groups excluding carboxylic acids is 1. The van der Waals surface area contributed by atoms with Crippen LogP contribution in [0.3, 0.4) is 0 Å². The van der Waals surface area contributed by atoms with Gasteiger partial charge in [0.1, 0.15) is 10.6 Å². The molecule has 0 radical (unpaired) electrons. The van der Waals surface area contributed by atoms with Crippen molar-refractivity contribution in [3.63, 3.8) is 0 Å². The van der Waals surface area contributed by atoms with Gasteiger partial charge in [-0.2, -0.15) is 0 Å². The summed E-state index contributed by atoms with van der Waals surface area (Å²) in [7, 11) is -4.07. The van der Waals surface area contributed by atoms with E-state index in [2.05, 4.69) is 0 Å². The smallest absolute Gasteiger partial charge is 0.249 e. The molecule has 1 amide bonds. The number of amides is 1. The minimum atomic E-state index is -4.07. The van der Waals surface area contributed by atoms with Crippen molar-refractivity contribution in [1.82, 2.24) is 0 Å². The number of primary amides is 1. The van der Waals surface area contributed by atoms with Gasteiger partial charge in [-0.1, -0.05) is 12.1 Å². The van der Waals surface area contributed by atoms with Crippen LogP contribution in [-0.4, -0.2) is 19.4 Å². The van der Waals surface area contributed by atoms with Crippen LogP contribution in [0, 0.1) is 0 Å². The molecule has 0 atom stereocenters. The fourth-order valence-corrected chi connectivity index (χ4v) is 2.37. The quantitative estimate of drug-likeness (QED) is 0.722. The Morgan fingerprint density at radius 1 is 1.22 bits per heavy atom. The van der Waals surface area contributed by atoms with Crippen LogP contribution >= 0.6 is 0 Å². The highest BCUT2D eigenvalue weighted by molar-refractivity contribution is 7.89. The molecule has 0 aliphatic rings. The van der Waals surface area contributed by atoms with Gasteiger partial charge in [0.25, 0.3) is 0 Å². The van der Waals surface area contributed by atoms with Gasteiger partial charge in [0.2, 0.25) is 15.9 Å². The molecular formula is C11H10N2O4S. The minimum Gasteiger partial charge on any atom is -0.507 e. The van der Waals surface area contributed by atoms with E-state index in [1.165, 1.54) is 12.1 Å². The van der Waals surface area contributed by atoms with E-state index in [-0.39, 0.29) is 5.56 Å². The maximum absolute atomic E-state index is 11.3. The lowest BCUT2D eigenvalue weighted by molar-refractivity contribution is 0.100. The SMILES string of the molecule is NC(=O)c1cccc2cc(O)c(S(N)(=O)=O)cc12. The molecule has 2 rings (SSSR count). The molecule has 7 heteroatoms. The van der Waals surface area contributed by atoms with Crippen LogP contribution in [0.4, 0.5) is 0 Å². The average Bonchev–Trinajstić information content (AvgIpc) is 2.25. The van der Waals surface area contributed by atoms with E-state index in [1.807, 2.05) is 0 Å². The van der Waals surface area contributed by atoms with Gasteiger partial charge in [-0.15, -0.1) is 0 Å². The van der Waals surface area contributed by atoms with Crippen molar-refractivity contribution in [3.8, 4) is 5.75 Å². The predicted octanol–water partition coefficient (Wildman–Crippen LogP) is 0.292. The van der Waals surface area contributed by atoms with Crippen molar-refractivity contribution in [1.29, 1.82) is 0 Å². The molecule has 5 N–H and O–H groups in total. The third-order valence-electron chi connectivity index (χ3n) is 2.53. The van der Waals surface area contributed by atoms with Gasteiger partial charge in [0.05, 0.1) is 0 Å². The van der Waals surface area contributed by atoms with Crippen molar-refractivity contribution in [2.75, 3.05) is 0 Å². The second-order valence-corrected chi connectivity index (χ2v) is 5.29. The number of carbonyl (C=O) groups is 1. The number of sulfonamides is 1. The number of primary sulfonamides is 1. The van der Waals surface area contributed by atoms with Gasteiger partial charge in [-0.25, -0.2) is 13.6 Å². The van der Waals surface area contributed by atoms with Crippen LogP contribution in [-0.2, 0) is 10.0 Å². The normalized spacial score (nSPS) is 11.6. The Balaban J connectivity index is 2.92. The van der Waals surface area contributed by atoms with E-state index in [4.69, 9.17) is 10.9 Å². The average molecular weight is 266 g/mol. The summed E-state index contributed by atoms with van der Waals surface area (Å²) < 4.78 is 22.6. The van der Waals surface area contributed by atoms with Gasteiger partial charge in [-0.05, 0) is 29.0 Å². The molecule has 0 aromatic heterocycles. The Morgan fingerprint density at radius 3 is 2.44 bits per heavy atom. The molecule has 0 bridgehead atoms. The van der Waals surface area contributed by atoms with Crippen molar-refractivity contribution >= 4 is 26.7 Å². The summed E-state index contributed by atoms with van der Waals surface area (Å²) in [5.74, 6) is -1.15. The lowest BCUT2D eigenvalue weighted by Crippen LogP contribution is -2.14. The first-order valence-corrected chi connectivity index (χ1v) is 6.43. The lowest BCUT2D eigenvalue weighted by Gasteiger charge is -2.07. The van der Waals surface area contributed by atoms with Crippen LogP contribution < -0.4 is 10.9 Å². The zero-order valence-corrected chi connectivity index (χ0v) is 9.94. The zero-order chi connectivity index (χ0) is 13.5. The lowest BCUT2D eigenvalue weighted by atomic mass is 10.0. The summed E-state index contributed by atoms with van der Waals surface area (Å²) >= 11 is 0. The number of nitrogens with two attached hydrogens (primary N) is 2. The molecule has 18 heavy (non-hydrogen) atoms. The Bertz CT molecular complexity index is 753. The maximum Gasteiger partial charge on any atom is 0.249 e. The number of hydrogen-bond donors (Lipinski definition) is 3. The van der Waals surface area contributed by atoms with Crippen molar-refractivity contribution < 1.29 is 18.3 Å². The van der Waals surface area contributed by atoms with Crippen molar-refractivity contribution in [2.24, 2.45) is 10.9 Å². The maximum atomic E-state index is 11.3. The number of phenolic OH excluding ortho intramolecular Hbond substituents is 1. The molecule has 6 nitrogen and oxygen atoms in total. The number of rotatable bonds is 2. The second-order valence-electron chi connectivity index (χ2n) is 3.76. The third-order valence-corrected chi connectivity index (χ3v) is 3.47. The molecule has 2 aromatic carbocycles. The number of aromatic hydroxyl groups is 1. The highest BCUT2D eigenvalue weighted by atomic mass is 32.2. The third kappa shape index (κ3) is 2.01. The van der Waals surface area contributed by atoms with Gasteiger partial charge in [-0.3, -0.25) is 4.79 Å². The number of phenols is 1. The number of benzene rings is 2. The molecule has 0 saturated carbocycles. The fourth-order valence-electron chi connectivity index (χ4n) is 1.74. The largest absolute Gasteiger partial charge is 0.507 e.